The summed E-state index contributed by atoms with van der Waals surface area (Å²) in [5.74, 6) is 0. The van der Waals surface area contributed by atoms with E-state index in [1.165, 1.54) is 0 Å². The molecule has 2 rings (SSSR count). The molecule has 74 valence electrons. The lowest BCUT2D eigenvalue weighted by Crippen LogP contribution is -2.06. The molecule has 1 aliphatic carbocycles. The lowest BCUT2D eigenvalue weighted by Gasteiger charge is -1.99. The van der Waals surface area contributed by atoms with Gasteiger partial charge in [-0.15, -0.1) is 0 Å². The molecule has 0 saturated heterocycles. The molecule has 1 fully saturated rings. The number of nitrogens with zero attached hydrogens (tertiary/aromatic N) is 1. The normalized spacial score (nSPS) is 15.3. The first-order valence-electron chi connectivity index (χ1n) is 4.26. The summed E-state index contributed by atoms with van der Waals surface area (Å²) in [4.78, 5) is 0.465. The SMILES string of the molecule is C#N.O=S(=O)(c1ccccc1)C1CC1. The van der Waals surface area contributed by atoms with Crippen LogP contribution in [0.5, 0.6) is 0 Å². The first kappa shape index (κ1) is 10.7. The Morgan fingerprint density at radius 3 is 2.07 bits per heavy atom. The van der Waals surface area contributed by atoms with E-state index < -0.39 is 9.84 Å². The van der Waals surface area contributed by atoms with Gasteiger partial charge >= 0.3 is 0 Å². The minimum absolute atomic E-state index is 0.0973. The van der Waals surface area contributed by atoms with Crippen LogP contribution in [0.2, 0.25) is 0 Å². The van der Waals surface area contributed by atoms with Crippen LogP contribution in [0, 0.1) is 11.8 Å². The van der Waals surface area contributed by atoms with Crippen molar-refractivity contribution in [3.05, 3.63) is 30.3 Å². The highest BCUT2D eigenvalue weighted by molar-refractivity contribution is 7.92. The Morgan fingerprint density at radius 1 is 1.14 bits per heavy atom. The highest BCUT2D eigenvalue weighted by Crippen LogP contribution is 2.33. The van der Waals surface area contributed by atoms with Crippen LogP contribution in [0.4, 0.5) is 0 Å². The maximum atomic E-state index is 11.6. The van der Waals surface area contributed by atoms with E-state index in [-0.39, 0.29) is 5.25 Å². The number of hydrogen-bond acceptors (Lipinski definition) is 3. The van der Waals surface area contributed by atoms with Crippen molar-refractivity contribution in [3.8, 4) is 6.57 Å². The van der Waals surface area contributed by atoms with Crippen LogP contribution in [-0.2, 0) is 9.84 Å². The molecule has 1 saturated carbocycles. The summed E-state index contributed by atoms with van der Waals surface area (Å²) < 4.78 is 23.2. The molecule has 3 nitrogen and oxygen atoms in total. The van der Waals surface area contributed by atoms with Gasteiger partial charge in [0.2, 0.25) is 0 Å². The molecule has 0 aliphatic heterocycles. The topological polar surface area (TPSA) is 57.9 Å². The number of sulfone groups is 1. The fourth-order valence-electron chi connectivity index (χ4n) is 1.18. The Hall–Kier alpha value is -1.34. The van der Waals surface area contributed by atoms with Crippen molar-refractivity contribution in [2.24, 2.45) is 0 Å². The van der Waals surface area contributed by atoms with E-state index in [9.17, 15) is 8.42 Å². The third-order valence-corrected chi connectivity index (χ3v) is 4.31. The molecule has 1 aliphatic rings. The molecule has 0 aromatic heterocycles. The van der Waals surface area contributed by atoms with Crippen molar-refractivity contribution in [3.63, 3.8) is 0 Å². The summed E-state index contributed by atoms with van der Waals surface area (Å²) in [5.41, 5.74) is 0. The summed E-state index contributed by atoms with van der Waals surface area (Å²) in [5, 5.41) is 6.40. The first-order valence-corrected chi connectivity index (χ1v) is 5.80. The Labute approximate surface area is 83.9 Å². The molecule has 0 radical (unpaired) electrons. The van der Waals surface area contributed by atoms with Crippen molar-refractivity contribution in [2.75, 3.05) is 0 Å². The molecule has 0 heterocycles. The maximum absolute atomic E-state index is 11.6. The zero-order valence-corrected chi connectivity index (χ0v) is 8.44. The summed E-state index contributed by atoms with van der Waals surface area (Å²) in [6.07, 6.45) is 1.66. The highest BCUT2D eigenvalue weighted by Gasteiger charge is 2.36. The highest BCUT2D eigenvalue weighted by atomic mass is 32.2. The number of hydrogen-bond donors (Lipinski definition) is 0. The number of benzene rings is 1. The van der Waals surface area contributed by atoms with Gasteiger partial charge in [-0.3, -0.25) is 0 Å². The molecule has 1 aromatic carbocycles. The lowest BCUT2D eigenvalue weighted by atomic mass is 10.4. The summed E-state index contributed by atoms with van der Waals surface area (Å²) in [7, 11) is -2.97. The average Bonchev–Trinajstić information content (AvgIpc) is 3.06. The van der Waals surface area contributed by atoms with Gasteiger partial charge in [0.05, 0.1) is 10.1 Å². The number of rotatable bonds is 2. The Kier molecular flexibility index (Phi) is 3.26. The van der Waals surface area contributed by atoms with Crippen LogP contribution in [0.1, 0.15) is 12.8 Å². The Bertz CT molecular complexity index is 404. The molecule has 4 heteroatoms. The summed E-state index contributed by atoms with van der Waals surface area (Å²) in [6.45, 7) is 3.50. The third-order valence-electron chi connectivity index (χ3n) is 2.03. The van der Waals surface area contributed by atoms with Gasteiger partial charge in [0.25, 0.3) is 0 Å². The lowest BCUT2D eigenvalue weighted by molar-refractivity contribution is 0.595. The third kappa shape index (κ3) is 2.12. The van der Waals surface area contributed by atoms with Gasteiger partial charge in [-0.2, -0.15) is 0 Å². The Balaban J connectivity index is 0.000000461. The van der Waals surface area contributed by atoms with E-state index >= 15 is 0 Å². The molecule has 0 unspecified atom stereocenters. The van der Waals surface area contributed by atoms with Gasteiger partial charge in [-0.1, -0.05) is 18.2 Å². The second kappa shape index (κ2) is 4.25. The molecule has 14 heavy (non-hydrogen) atoms. The second-order valence-corrected chi connectivity index (χ2v) is 5.29. The molecule has 0 N–H and O–H groups in total. The molecule has 0 amide bonds. The summed E-state index contributed by atoms with van der Waals surface area (Å²) in [6, 6.07) is 8.66. The quantitative estimate of drug-likeness (QED) is 0.745. The molecular formula is C10H11NO2S. The predicted octanol–water partition coefficient (Wildman–Crippen LogP) is 1.76. The van der Waals surface area contributed by atoms with Gasteiger partial charge in [-0.05, 0) is 25.0 Å². The van der Waals surface area contributed by atoms with Crippen LogP contribution in [0.3, 0.4) is 0 Å². The smallest absolute Gasteiger partial charge is 0.181 e. The molecule has 0 spiro atoms. The van der Waals surface area contributed by atoms with Crippen molar-refractivity contribution in [2.45, 2.75) is 23.0 Å². The van der Waals surface area contributed by atoms with Crippen molar-refractivity contribution >= 4 is 9.84 Å². The van der Waals surface area contributed by atoms with Gasteiger partial charge in [-0.25, -0.2) is 13.7 Å². The van der Waals surface area contributed by atoms with Crippen LogP contribution in [0.15, 0.2) is 35.2 Å². The van der Waals surface area contributed by atoms with E-state index in [1.807, 2.05) is 6.07 Å². The largest absolute Gasteiger partial charge is 0.223 e. The molecule has 0 atom stereocenters. The van der Waals surface area contributed by atoms with Gasteiger partial charge in [0.15, 0.2) is 9.84 Å². The van der Waals surface area contributed by atoms with Crippen LogP contribution in [0.25, 0.3) is 0 Å². The van der Waals surface area contributed by atoms with E-state index in [2.05, 4.69) is 6.57 Å². The van der Waals surface area contributed by atoms with E-state index in [1.54, 1.807) is 24.3 Å². The average molecular weight is 209 g/mol. The zero-order chi connectivity index (χ0) is 10.6. The van der Waals surface area contributed by atoms with Crippen molar-refractivity contribution in [1.29, 1.82) is 5.26 Å². The van der Waals surface area contributed by atoms with Gasteiger partial charge < -0.3 is 0 Å². The fraction of sp³-hybridized carbons (Fsp3) is 0.300. The first-order chi connectivity index (χ1) is 6.71. The van der Waals surface area contributed by atoms with Crippen LogP contribution < -0.4 is 0 Å². The van der Waals surface area contributed by atoms with E-state index in [0.717, 1.165) is 12.8 Å². The second-order valence-electron chi connectivity index (χ2n) is 3.06. The summed E-state index contributed by atoms with van der Waals surface area (Å²) >= 11 is 0. The zero-order valence-electron chi connectivity index (χ0n) is 7.63. The van der Waals surface area contributed by atoms with Crippen molar-refractivity contribution in [1.82, 2.24) is 0 Å². The van der Waals surface area contributed by atoms with Crippen LogP contribution >= 0.6 is 0 Å². The minimum atomic E-state index is -2.97. The Morgan fingerprint density at radius 2 is 1.64 bits per heavy atom. The van der Waals surface area contributed by atoms with Gasteiger partial charge in [0, 0.05) is 6.57 Å². The molecule has 0 bridgehead atoms. The molecule has 1 aromatic rings. The predicted molar refractivity (Wildman–Crippen MR) is 53.3 cm³/mol. The molecular weight excluding hydrogens is 198 g/mol. The maximum Gasteiger partial charge on any atom is 0.181 e. The van der Waals surface area contributed by atoms with Crippen molar-refractivity contribution < 1.29 is 8.42 Å². The fourth-order valence-corrected chi connectivity index (χ4v) is 2.86. The minimum Gasteiger partial charge on any atom is -0.223 e. The van der Waals surface area contributed by atoms with Crippen LogP contribution in [-0.4, -0.2) is 13.7 Å². The standard InChI is InChI=1S/C9H10O2S.CHN/c10-12(11,9-6-7-9)8-4-2-1-3-5-8;1-2/h1-5,9H,6-7H2;1H. The van der Waals surface area contributed by atoms with Gasteiger partial charge in [0.1, 0.15) is 0 Å². The van der Waals surface area contributed by atoms with E-state index in [0.29, 0.717) is 4.90 Å². The number of nitriles is 1. The van der Waals surface area contributed by atoms with E-state index in [4.69, 9.17) is 5.26 Å². The monoisotopic (exact) mass is 209 g/mol.